The van der Waals surface area contributed by atoms with Crippen LogP contribution < -0.4 is 10.6 Å². The fourth-order valence-electron chi connectivity index (χ4n) is 2.13. The van der Waals surface area contributed by atoms with E-state index in [2.05, 4.69) is 10.6 Å². The molecule has 3 N–H and O–H groups in total. The number of rotatable bonds is 5. The first-order chi connectivity index (χ1) is 10.6. The third-order valence-electron chi connectivity index (χ3n) is 3.24. The maximum absolute atomic E-state index is 13.5. The van der Waals surface area contributed by atoms with Gasteiger partial charge in [-0.2, -0.15) is 0 Å². The van der Waals surface area contributed by atoms with Crippen LogP contribution in [0.3, 0.4) is 0 Å². The van der Waals surface area contributed by atoms with E-state index < -0.39 is 12.1 Å². The lowest BCUT2D eigenvalue weighted by Gasteiger charge is -2.21. The number of hydrogen-bond acceptors (Lipinski definition) is 2. The average Bonchev–Trinajstić information content (AvgIpc) is 2.53. The minimum atomic E-state index is -0.470. The van der Waals surface area contributed by atoms with Gasteiger partial charge in [0.05, 0.1) is 18.7 Å². The summed E-state index contributed by atoms with van der Waals surface area (Å²) in [7, 11) is 0. The topological polar surface area (TPSA) is 61.4 Å². The van der Waals surface area contributed by atoms with Gasteiger partial charge in [-0.1, -0.05) is 42.5 Å². The van der Waals surface area contributed by atoms with Gasteiger partial charge in [0.15, 0.2) is 0 Å². The predicted octanol–water partition coefficient (Wildman–Crippen LogP) is 2.60. The summed E-state index contributed by atoms with van der Waals surface area (Å²) in [4.78, 5) is 12.0. The van der Waals surface area contributed by atoms with E-state index in [1.165, 1.54) is 12.1 Å². The molecule has 116 valence electrons. The molecule has 0 radical (unpaired) electrons. The first kappa shape index (κ1) is 16.0. The maximum atomic E-state index is 13.5. The molecule has 0 saturated carbocycles. The van der Waals surface area contributed by atoms with Crippen LogP contribution >= 0.6 is 0 Å². The fraction of sp³-hybridized carbons (Fsp3) is 0.235. The smallest absolute Gasteiger partial charge is 0.315 e. The molecule has 0 aliphatic heterocycles. The van der Waals surface area contributed by atoms with Crippen molar-refractivity contribution in [1.82, 2.24) is 10.6 Å². The second kappa shape index (κ2) is 7.56. The van der Waals surface area contributed by atoms with Gasteiger partial charge in [0.2, 0.25) is 0 Å². The molecule has 0 spiro atoms. The van der Waals surface area contributed by atoms with Crippen LogP contribution in [0, 0.1) is 5.82 Å². The Bertz CT molecular complexity index is 619. The van der Waals surface area contributed by atoms with E-state index in [-0.39, 0.29) is 18.5 Å². The van der Waals surface area contributed by atoms with Crippen LogP contribution in [0.2, 0.25) is 0 Å². The Balaban J connectivity index is 2.25. The van der Waals surface area contributed by atoms with Gasteiger partial charge >= 0.3 is 6.03 Å². The molecule has 2 aromatic rings. The SMILES string of the molecule is CC(CO)NC(=O)NC(c1ccccc1)c1cccc(F)c1. The van der Waals surface area contributed by atoms with E-state index >= 15 is 0 Å². The molecular weight excluding hydrogens is 283 g/mol. The molecule has 0 aliphatic carbocycles. The van der Waals surface area contributed by atoms with E-state index in [1.54, 1.807) is 19.1 Å². The van der Waals surface area contributed by atoms with Gasteiger partial charge in [-0.15, -0.1) is 0 Å². The van der Waals surface area contributed by atoms with Crippen molar-refractivity contribution in [2.24, 2.45) is 0 Å². The molecule has 5 heteroatoms. The highest BCUT2D eigenvalue weighted by Gasteiger charge is 2.18. The number of halogens is 1. The largest absolute Gasteiger partial charge is 0.394 e. The van der Waals surface area contributed by atoms with Crippen molar-refractivity contribution in [3.8, 4) is 0 Å². The summed E-state index contributed by atoms with van der Waals surface area (Å²) < 4.78 is 13.5. The Morgan fingerprint density at radius 3 is 2.41 bits per heavy atom. The van der Waals surface area contributed by atoms with Gasteiger partial charge in [0.1, 0.15) is 5.82 Å². The Kier molecular flexibility index (Phi) is 5.49. The number of nitrogens with one attached hydrogen (secondary N) is 2. The summed E-state index contributed by atoms with van der Waals surface area (Å²) in [5.74, 6) is -0.357. The molecule has 2 rings (SSSR count). The van der Waals surface area contributed by atoms with Crippen LogP contribution in [-0.2, 0) is 0 Å². The number of urea groups is 1. The normalized spacial score (nSPS) is 13.2. The van der Waals surface area contributed by atoms with Crippen LogP contribution in [0.1, 0.15) is 24.1 Å². The Morgan fingerprint density at radius 2 is 1.77 bits per heavy atom. The average molecular weight is 302 g/mol. The zero-order valence-electron chi connectivity index (χ0n) is 12.3. The number of aliphatic hydroxyl groups excluding tert-OH is 1. The second-order valence-corrected chi connectivity index (χ2v) is 5.10. The van der Waals surface area contributed by atoms with Crippen molar-refractivity contribution in [2.75, 3.05) is 6.61 Å². The van der Waals surface area contributed by atoms with Gasteiger partial charge < -0.3 is 15.7 Å². The molecule has 0 fully saturated rings. The highest BCUT2D eigenvalue weighted by atomic mass is 19.1. The first-order valence-electron chi connectivity index (χ1n) is 7.08. The van der Waals surface area contributed by atoms with E-state index in [0.29, 0.717) is 5.56 Å². The van der Waals surface area contributed by atoms with Crippen molar-refractivity contribution in [3.05, 3.63) is 71.5 Å². The highest BCUT2D eigenvalue weighted by Crippen LogP contribution is 2.22. The number of amides is 2. The molecule has 0 aromatic heterocycles. The fourth-order valence-corrected chi connectivity index (χ4v) is 2.13. The number of carbonyl (C=O) groups is 1. The number of benzene rings is 2. The standard InChI is InChI=1S/C17H19FN2O2/c1-12(11-21)19-17(22)20-16(13-6-3-2-4-7-13)14-8-5-9-15(18)10-14/h2-10,12,16,21H,11H2,1H3,(H2,19,20,22). The summed E-state index contributed by atoms with van der Waals surface area (Å²) in [6.45, 7) is 1.54. The van der Waals surface area contributed by atoms with Gasteiger partial charge in [0, 0.05) is 0 Å². The lowest BCUT2D eigenvalue weighted by atomic mass is 9.99. The first-order valence-corrected chi connectivity index (χ1v) is 7.08. The van der Waals surface area contributed by atoms with Crippen LogP contribution in [0.15, 0.2) is 54.6 Å². The molecule has 0 aliphatic rings. The lowest BCUT2D eigenvalue weighted by Crippen LogP contribution is -2.43. The van der Waals surface area contributed by atoms with Crippen LogP contribution in [0.4, 0.5) is 9.18 Å². The zero-order chi connectivity index (χ0) is 15.9. The molecule has 2 aromatic carbocycles. The summed E-state index contributed by atoms with van der Waals surface area (Å²) >= 11 is 0. The Labute approximate surface area is 129 Å². The molecular formula is C17H19FN2O2. The van der Waals surface area contributed by atoms with Crippen molar-refractivity contribution in [2.45, 2.75) is 19.0 Å². The minimum Gasteiger partial charge on any atom is -0.394 e. The van der Waals surface area contributed by atoms with Gasteiger partial charge in [-0.05, 0) is 30.2 Å². The molecule has 0 heterocycles. The minimum absolute atomic E-state index is 0.149. The molecule has 2 atom stereocenters. The third kappa shape index (κ3) is 4.30. The van der Waals surface area contributed by atoms with Crippen LogP contribution in [-0.4, -0.2) is 23.8 Å². The molecule has 0 bridgehead atoms. The van der Waals surface area contributed by atoms with Crippen molar-refractivity contribution < 1.29 is 14.3 Å². The Hall–Kier alpha value is -2.40. The molecule has 2 unspecified atom stereocenters. The molecule has 22 heavy (non-hydrogen) atoms. The van der Waals surface area contributed by atoms with E-state index in [4.69, 9.17) is 5.11 Å². The number of carbonyl (C=O) groups excluding carboxylic acids is 1. The maximum Gasteiger partial charge on any atom is 0.315 e. The monoisotopic (exact) mass is 302 g/mol. The Morgan fingerprint density at radius 1 is 1.09 bits per heavy atom. The second-order valence-electron chi connectivity index (χ2n) is 5.10. The predicted molar refractivity (Wildman–Crippen MR) is 82.9 cm³/mol. The van der Waals surface area contributed by atoms with Crippen LogP contribution in [0.25, 0.3) is 0 Å². The number of aliphatic hydroxyl groups is 1. The van der Waals surface area contributed by atoms with Crippen LogP contribution in [0.5, 0.6) is 0 Å². The van der Waals surface area contributed by atoms with Crippen molar-refractivity contribution in [3.63, 3.8) is 0 Å². The zero-order valence-corrected chi connectivity index (χ0v) is 12.3. The quantitative estimate of drug-likeness (QED) is 0.795. The molecule has 4 nitrogen and oxygen atoms in total. The van der Waals surface area contributed by atoms with Gasteiger partial charge in [-0.25, -0.2) is 9.18 Å². The highest BCUT2D eigenvalue weighted by molar-refractivity contribution is 5.75. The summed E-state index contributed by atoms with van der Waals surface area (Å²) in [5.41, 5.74) is 1.50. The number of hydrogen-bond donors (Lipinski definition) is 3. The molecule has 2 amide bonds. The summed E-state index contributed by atoms with van der Waals surface area (Å²) in [6, 6.07) is 14.2. The lowest BCUT2D eigenvalue weighted by molar-refractivity contribution is 0.219. The van der Waals surface area contributed by atoms with Crippen molar-refractivity contribution >= 4 is 6.03 Å². The van der Waals surface area contributed by atoms with Crippen molar-refractivity contribution in [1.29, 1.82) is 0 Å². The molecule has 0 saturated heterocycles. The van der Waals surface area contributed by atoms with E-state index in [0.717, 1.165) is 5.56 Å². The van der Waals surface area contributed by atoms with Gasteiger partial charge in [0.25, 0.3) is 0 Å². The summed E-state index contributed by atoms with van der Waals surface area (Å²) in [5, 5.41) is 14.4. The summed E-state index contributed by atoms with van der Waals surface area (Å²) in [6.07, 6.45) is 0. The van der Waals surface area contributed by atoms with E-state index in [1.807, 2.05) is 30.3 Å². The van der Waals surface area contributed by atoms with Gasteiger partial charge in [-0.3, -0.25) is 0 Å². The van der Waals surface area contributed by atoms with E-state index in [9.17, 15) is 9.18 Å². The third-order valence-corrected chi connectivity index (χ3v) is 3.24.